The first-order valence-corrected chi connectivity index (χ1v) is 7.80. The second-order valence-corrected chi connectivity index (χ2v) is 6.27. The van der Waals surface area contributed by atoms with E-state index in [1.807, 2.05) is 4.90 Å². The van der Waals surface area contributed by atoms with Gasteiger partial charge in [-0.3, -0.25) is 9.48 Å². The van der Waals surface area contributed by atoms with Crippen molar-refractivity contribution in [3.8, 4) is 0 Å². The molecule has 1 saturated carbocycles. The van der Waals surface area contributed by atoms with Gasteiger partial charge >= 0.3 is 0 Å². The number of aromatic nitrogens is 4. The fourth-order valence-electron chi connectivity index (χ4n) is 3.03. The molecule has 0 N–H and O–H groups in total. The van der Waals surface area contributed by atoms with Crippen molar-refractivity contribution in [1.82, 2.24) is 24.8 Å². The Bertz CT molecular complexity index is 688. The Morgan fingerprint density at radius 2 is 2.27 bits per heavy atom. The number of carbonyl (C=O) groups is 1. The molecule has 22 heavy (non-hydrogen) atoms. The van der Waals surface area contributed by atoms with Crippen LogP contribution in [0.25, 0.3) is 0 Å². The largest absolute Gasteiger partial charge is 0.339 e. The Hall–Kier alpha value is -2.18. The Labute approximate surface area is 128 Å². The zero-order valence-electron chi connectivity index (χ0n) is 12.6. The number of nitrogens with zero attached hydrogens (tertiary/aromatic N) is 5. The third-order valence-electron chi connectivity index (χ3n) is 4.49. The van der Waals surface area contributed by atoms with Gasteiger partial charge in [0, 0.05) is 38.7 Å². The predicted molar refractivity (Wildman–Crippen MR) is 77.2 cm³/mol. The first-order chi connectivity index (χ1) is 10.7. The van der Waals surface area contributed by atoms with E-state index in [1.54, 1.807) is 24.0 Å². The highest BCUT2D eigenvalue weighted by atomic mass is 16.5. The second kappa shape index (κ2) is 5.23. The van der Waals surface area contributed by atoms with Gasteiger partial charge in [0.2, 0.25) is 5.89 Å². The topological polar surface area (TPSA) is 77.0 Å². The molecule has 2 aliphatic rings. The summed E-state index contributed by atoms with van der Waals surface area (Å²) in [6.45, 7) is 1.53. The van der Waals surface area contributed by atoms with E-state index in [9.17, 15) is 4.79 Å². The van der Waals surface area contributed by atoms with Crippen LogP contribution in [0.4, 0.5) is 0 Å². The van der Waals surface area contributed by atoms with Crippen molar-refractivity contribution in [2.75, 3.05) is 13.1 Å². The van der Waals surface area contributed by atoms with Gasteiger partial charge in [0.15, 0.2) is 5.82 Å². The highest BCUT2D eigenvalue weighted by molar-refractivity contribution is 5.92. The molecule has 7 nitrogen and oxygen atoms in total. The van der Waals surface area contributed by atoms with Gasteiger partial charge in [-0.2, -0.15) is 10.1 Å². The first kappa shape index (κ1) is 13.5. The van der Waals surface area contributed by atoms with Crippen molar-refractivity contribution in [3.05, 3.63) is 29.7 Å². The number of aryl methyl sites for hydroxylation is 1. The zero-order valence-corrected chi connectivity index (χ0v) is 12.6. The molecule has 1 unspecified atom stereocenters. The maximum atomic E-state index is 12.4. The van der Waals surface area contributed by atoms with Crippen LogP contribution in [-0.2, 0) is 13.5 Å². The molecular formula is C15H19N5O2. The number of amides is 1. The zero-order chi connectivity index (χ0) is 15.1. The molecule has 1 atom stereocenters. The molecule has 0 radical (unpaired) electrons. The third-order valence-corrected chi connectivity index (χ3v) is 4.49. The monoisotopic (exact) mass is 301 g/mol. The lowest BCUT2D eigenvalue weighted by atomic mass is 10.1. The highest BCUT2D eigenvalue weighted by Gasteiger charge is 2.32. The van der Waals surface area contributed by atoms with Crippen molar-refractivity contribution in [3.63, 3.8) is 0 Å². The van der Waals surface area contributed by atoms with Gasteiger partial charge in [0.25, 0.3) is 5.91 Å². The predicted octanol–water partition coefficient (Wildman–Crippen LogP) is 1.39. The molecule has 3 heterocycles. The minimum absolute atomic E-state index is 0.0503. The van der Waals surface area contributed by atoms with Gasteiger partial charge in [-0.05, 0) is 31.2 Å². The van der Waals surface area contributed by atoms with Crippen LogP contribution in [0.15, 0.2) is 16.8 Å². The van der Waals surface area contributed by atoms with Gasteiger partial charge in [0.05, 0.1) is 0 Å². The molecule has 2 aromatic rings. The molecule has 2 aromatic heterocycles. The Balaban J connectivity index is 1.37. The summed E-state index contributed by atoms with van der Waals surface area (Å²) in [6, 6.07) is 1.76. The molecule has 1 amide bonds. The average molecular weight is 301 g/mol. The maximum absolute atomic E-state index is 12.4. The summed E-state index contributed by atoms with van der Waals surface area (Å²) in [7, 11) is 1.79. The minimum atomic E-state index is 0.0503. The standard InChI is InChI=1S/C15H19N5O2/c1-19-12(4-6-16-19)15(21)20-7-5-10(9-20)8-13-17-14(22-18-13)11-2-3-11/h4,6,10-11H,2-3,5,7-9H2,1H3. The molecule has 116 valence electrons. The molecule has 0 bridgehead atoms. The van der Waals surface area contributed by atoms with Crippen molar-refractivity contribution in [2.24, 2.45) is 13.0 Å². The molecule has 2 fully saturated rings. The van der Waals surface area contributed by atoms with E-state index in [-0.39, 0.29) is 5.91 Å². The fourth-order valence-corrected chi connectivity index (χ4v) is 3.03. The normalized spacial score (nSPS) is 21.5. The summed E-state index contributed by atoms with van der Waals surface area (Å²) in [5, 5.41) is 8.13. The van der Waals surface area contributed by atoms with Crippen LogP contribution in [0, 0.1) is 5.92 Å². The van der Waals surface area contributed by atoms with Gasteiger partial charge in [-0.25, -0.2) is 0 Å². The van der Waals surface area contributed by atoms with Crippen LogP contribution in [0.1, 0.15) is 47.4 Å². The molecule has 7 heteroatoms. The molecule has 4 rings (SSSR count). The van der Waals surface area contributed by atoms with Crippen LogP contribution in [0.5, 0.6) is 0 Å². The summed E-state index contributed by atoms with van der Waals surface area (Å²) in [4.78, 5) is 18.8. The van der Waals surface area contributed by atoms with Crippen molar-refractivity contribution < 1.29 is 9.32 Å². The smallest absolute Gasteiger partial charge is 0.272 e. The van der Waals surface area contributed by atoms with Crippen LogP contribution in [-0.4, -0.2) is 43.8 Å². The van der Waals surface area contributed by atoms with E-state index in [2.05, 4.69) is 15.2 Å². The molecule has 1 saturated heterocycles. The fraction of sp³-hybridized carbons (Fsp3) is 0.600. The molecule has 1 aliphatic heterocycles. The summed E-state index contributed by atoms with van der Waals surface area (Å²) in [5.74, 6) is 2.52. The van der Waals surface area contributed by atoms with E-state index < -0.39 is 0 Å². The van der Waals surface area contributed by atoms with Gasteiger partial charge in [-0.1, -0.05) is 5.16 Å². The Morgan fingerprint density at radius 3 is 3.00 bits per heavy atom. The van der Waals surface area contributed by atoms with Crippen LogP contribution >= 0.6 is 0 Å². The minimum Gasteiger partial charge on any atom is -0.339 e. The Morgan fingerprint density at radius 1 is 1.41 bits per heavy atom. The number of carbonyl (C=O) groups excluding carboxylic acids is 1. The van der Waals surface area contributed by atoms with E-state index in [0.29, 0.717) is 17.5 Å². The van der Waals surface area contributed by atoms with E-state index >= 15 is 0 Å². The summed E-state index contributed by atoms with van der Waals surface area (Å²) in [6.07, 6.45) is 5.75. The lowest BCUT2D eigenvalue weighted by Gasteiger charge is -2.16. The van der Waals surface area contributed by atoms with Crippen LogP contribution in [0.2, 0.25) is 0 Å². The van der Waals surface area contributed by atoms with Gasteiger partial charge in [0.1, 0.15) is 5.69 Å². The van der Waals surface area contributed by atoms with Gasteiger partial charge < -0.3 is 9.42 Å². The summed E-state index contributed by atoms with van der Waals surface area (Å²) < 4.78 is 6.92. The number of likely N-dealkylation sites (tertiary alicyclic amines) is 1. The molecule has 0 spiro atoms. The first-order valence-electron chi connectivity index (χ1n) is 7.80. The summed E-state index contributed by atoms with van der Waals surface area (Å²) in [5.41, 5.74) is 0.635. The molecule has 0 aromatic carbocycles. The molecular weight excluding hydrogens is 282 g/mol. The highest BCUT2D eigenvalue weighted by Crippen LogP contribution is 2.39. The lowest BCUT2D eigenvalue weighted by molar-refractivity contribution is 0.0776. The second-order valence-electron chi connectivity index (χ2n) is 6.27. The van der Waals surface area contributed by atoms with E-state index in [4.69, 9.17) is 4.52 Å². The lowest BCUT2D eigenvalue weighted by Crippen LogP contribution is -2.30. The number of hydrogen-bond acceptors (Lipinski definition) is 5. The number of hydrogen-bond donors (Lipinski definition) is 0. The van der Waals surface area contributed by atoms with E-state index in [1.165, 1.54) is 0 Å². The van der Waals surface area contributed by atoms with Crippen molar-refractivity contribution in [2.45, 2.75) is 31.6 Å². The van der Waals surface area contributed by atoms with E-state index in [0.717, 1.165) is 50.5 Å². The maximum Gasteiger partial charge on any atom is 0.272 e. The van der Waals surface area contributed by atoms with Crippen molar-refractivity contribution in [1.29, 1.82) is 0 Å². The molecule has 1 aliphatic carbocycles. The van der Waals surface area contributed by atoms with Crippen LogP contribution < -0.4 is 0 Å². The third kappa shape index (κ3) is 2.51. The average Bonchev–Trinajstić information content (AvgIpc) is 2.90. The number of rotatable bonds is 4. The van der Waals surface area contributed by atoms with Crippen LogP contribution in [0.3, 0.4) is 0 Å². The quantitative estimate of drug-likeness (QED) is 0.852. The van der Waals surface area contributed by atoms with Gasteiger partial charge in [-0.15, -0.1) is 0 Å². The SMILES string of the molecule is Cn1nccc1C(=O)N1CCC(Cc2noc(C3CC3)n2)C1. The Kier molecular flexibility index (Phi) is 3.20. The van der Waals surface area contributed by atoms with Crippen molar-refractivity contribution >= 4 is 5.91 Å². The summed E-state index contributed by atoms with van der Waals surface area (Å²) >= 11 is 0.